The van der Waals surface area contributed by atoms with E-state index in [1.54, 1.807) is 52.0 Å². The van der Waals surface area contributed by atoms with Crippen LogP contribution in [0.25, 0.3) is 0 Å². The van der Waals surface area contributed by atoms with Gasteiger partial charge in [0.15, 0.2) is 5.60 Å². The molecule has 2 saturated heterocycles. The van der Waals surface area contributed by atoms with E-state index in [1.165, 1.54) is 7.11 Å². The van der Waals surface area contributed by atoms with Gasteiger partial charge in [-0.25, -0.2) is 0 Å². The SMILES string of the molecule is COc1ccc2c(c1)[C@@](O)([C@H](C)/C=C/CC(=O)N1CCC[C@H]1CO)C(=O)N2Cc1cccc(N2CCCC2=O)c1. The van der Waals surface area contributed by atoms with Crippen LogP contribution < -0.4 is 14.5 Å². The molecule has 212 valence electrons. The summed E-state index contributed by atoms with van der Waals surface area (Å²) < 4.78 is 5.41. The summed E-state index contributed by atoms with van der Waals surface area (Å²) in [7, 11) is 1.54. The first-order chi connectivity index (χ1) is 19.3. The van der Waals surface area contributed by atoms with Crippen LogP contribution in [0.5, 0.6) is 5.75 Å². The molecule has 5 rings (SSSR count). The fourth-order valence-corrected chi connectivity index (χ4v) is 6.12. The molecule has 2 aromatic rings. The van der Waals surface area contributed by atoms with Gasteiger partial charge in [-0.05, 0) is 55.2 Å². The van der Waals surface area contributed by atoms with E-state index in [2.05, 4.69) is 0 Å². The summed E-state index contributed by atoms with van der Waals surface area (Å²) in [6, 6.07) is 12.7. The predicted molar refractivity (Wildman–Crippen MR) is 151 cm³/mol. The lowest BCUT2D eigenvalue weighted by atomic mass is 9.83. The van der Waals surface area contributed by atoms with Gasteiger partial charge in [0, 0.05) is 43.1 Å². The number of carbonyl (C=O) groups is 3. The highest BCUT2D eigenvalue weighted by atomic mass is 16.5. The number of aliphatic hydroxyl groups excluding tert-OH is 1. The van der Waals surface area contributed by atoms with Crippen molar-refractivity contribution in [3.63, 3.8) is 0 Å². The molecule has 3 amide bonds. The first-order valence-electron chi connectivity index (χ1n) is 14.0. The molecule has 0 spiro atoms. The summed E-state index contributed by atoms with van der Waals surface area (Å²) >= 11 is 0. The summed E-state index contributed by atoms with van der Waals surface area (Å²) in [5, 5.41) is 21.5. The fraction of sp³-hybridized carbons (Fsp3) is 0.452. The molecule has 0 radical (unpaired) electrons. The van der Waals surface area contributed by atoms with Gasteiger partial charge in [0.05, 0.1) is 32.0 Å². The third-order valence-electron chi connectivity index (χ3n) is 8.40. The topological polar surface area (TPSA) is 111 Å². The average molecular weight is 548 g/mol. The third kappa shape index (κ3) is 4.99. The fourth-order valence-electron chi connectivity index (χ4n) is 6.12. The number of aliphatic hydroxyl groups is 2. The largest absolute Gasteiger partial charge is 0.497 e. The average Bonchev–Trinajstić information content (AvgIpc) is 3.67. The van der Waals surface area contributed by atoms with Gasteiger partial charge in [0.25, 0.3) is 5.91 Å². The molecule has 3 atom stereocenters. The lowest BCUT2D eigenvalue weighted by Gasteiger charge is -2.28. The number of carbonyl (C=O) groups excluding carboxylic acids is 3. The zero-order chi connectivity index (χ0) is 28.4. The van der Waals surface area contributed by atoms with Crippen LogP contribution in [0.2, 0.25) is 0 Å². The standard InChI is InChI=1S/C31H37N3O6/c1-21(7-3-11-28(36)33-15-5-10-24(33)20-35)31(39)26-18-25(40-2)13-14-27(26)34(30(31)38)19-22-8-4-9-23(17-22)32-16-6-12-29(32)37/h3-4,7-9,13-14,17-18,21,24,35,39H,5-6,10-12,15-16,19-20H2,1-2H3/b7-3+/t21-,24+,31+/m1/s1. The highest BCUT2D eigenvalue weighted by Gasteiger charge is 2.52. The number of hydrogen-bond donors (Lipinski definition) is 2. The first-order valence-corrected chi connectivity index (χ1v) is 14.0. The molecule has 9 nitrogen and oxygen atoms in total. The van der Waals surface area contributed by atoms with Crippen molar-refractivity contribution in [1.29, 1.82) is 0 Å². The van der Waals surface area contributed by atoms with E-state index in [0.717, 1.165) is 30.5 Å². The van der Waals surface area contributed by atoms with E-state index in [0.29, 0.717) is 36.5 Å². The van der Waals surface area contributed by atoms with Gasteiger partial charge in [-0.3, -0.25) is 14.4 Å². The summed E-state index contributed by atoms with van der Waals surface area (Å²) in [5.74, 6) is -0.551. The van der Waals surface area contributed by atoms with Crippen molar-refractivity contribution in [3.05, 3.63) is 65.7 Å². The van der Waals surface area contributed by atoms with Gasteiger partial charge < -0.3 is 29.6 Å². The molecule has 0 aromatic heterocycles. The normalized spacial score (nSPS) is 23.4. The molecule has 2 aromatic carbocycles. The minimum absolute atomic E-state index is 0.0498. The Bertz CT molecular complexity index is 1330. The number of likely N-dealkylation sites (tertiary alicyclic amines) is 1. The van der Waals surface area contributed by atoms with Gasteiger partial charge in [-0.15, -0.1) is 0 Å². The Morgan fingerprint density at radius 1 is 1.18 bits per heavy atom. The Morgan fingerprint density at radius 2 is 2.00 bits per heavy atom. The number of benzene rings is 2. The van der Waals surface area contributed by atoms with Gasteiger partial charge in [-0.2, -0.15) is 0 Å². The monoisotopic (exact) mass is 547 g/mol. The molecule has 0 saturated carbocycles. The minimum atomic E-state index is -1.85. The van der Waals surface area contributed by atoms with E-state index < -0.39 is 17.4 Å². The second kappa shape index (κ2) is 11.4. The molecule has 3 aliphatic rings. The van der Waals surface area contributed by atoms with Crippen LogP contribution in [-0.4, -0.2) is 65.7 Å². The summed E-state index contributed by atoms with van der Waals surface area (Å²) in [5.41, 5.74) is 0.836. The first kappa shape index (κ1) is 27.9. The quantitative estimate of drug-likeness (QED) is 0.467. The number of hydrogen-bond acceptors (Lipinski definition) is 6. The number of nitrogens with zero attached hydrogens (tertiary/aromatic N) is 3. The Hall–Kier alpha value is -3.69. The maximum atomic E-state index is 13.9. The summed E-state index contributed by atoms with van der Waals surface area (Å²) in [6.45, 7) is 3.25. The van der Waals surface area contributed by atoms with E-state index in [9.17, 15) is 24.6 Å². The molecule has 2 N–H and O–H groups in total. The van der Waals surface area contributed by atoms with Crippen LogP contribution >= 0.6 is 0 Å². The Labute approximate surface area is 234 Å². The Morgan fingerprint density at radius 3 is 2.73 bits per heavy atom. The molecule has 40 heavy (non-hydrogen) atoms. The van der Waals surface area contributed by atoms with Gasteiger partial charge in [0.1, 0.15) is 5.75 Å². The van der Waals surface area contributed by atoms with Crippen LogP contribution in [0.15, 0.2) is 54.6 Å². The molecule has 0 aliphatic carbocycles. The minimum Gasteiger partial charge on any atom is -0.497 e. The van der Waals surface area contributed by atoms with Crippen molar-refractivity contribution in [3.8, 4) is 5.75 Å². The molecular weight excluding hydrogens is 510 g/mol. The van der Waals surface area contributed by atoms with Crippen molar-refractivity contribution in [2.75, 3.05) is 36.6 Å². The van der Waals surface area contributed by atoms with Crippen LogP contribution in [0, 0.1) is 5.92 Å². The Balaban J connectivity index is 1.39. The third-order valence-corrected chi connectivity index (χ3v) is 8.40. The second-order valence-corrected chi connectivity index (χ2v) is 10.8. The van der Waals surface area contributed by atoms with Crippen LogP contribution in [0.3, 0.4) is 0 Å². The second-order valence-electron chi connectivity index (χ2n) is 10.8. The van der Waals surface area contributed by atoms with Crippen molar-refractivity contribution in [2.24, 2.45) is 5.92 Å². The molecule has 2 fully saturated rings. The zero-order valence-electron chi connectivity index (χ0n) is 23.1. The number of rotatable bonds is 9. The highest BCUT2D eigenvalue weighted by Crippen LogP contribution is 2.47. The molecular formula is C31H37N3O6. The van der Waals surface area contributed by atoms with Crippen LogP contribution in [-0.2, 0) is 26.5 Å². The van der Waals surface area contributed by atoms with Crippen molar-refractivity contribution < 1.29 is 29.3 Å². The van der Waals surface area contributed by atoms with Crippen molar-refractivity contribution in [1.82, 2.24) is 4.90 Å². The van der Waals surface area contributed by atoms with Crippen LogP contribution in [0.4, 0.5) is 11.4 Å². The van der Waals surface area contributed by atoms with Crippen LogP contribution in [0.1, 0.15) is 50.2 Å². The lowest BCUT2D eigenvalue weighted by Crippen LogP contribution is -2.44. The number of ether oxygens (including phenoxy) is 1. The summed E-state index contributed by atoms with van der Waals surface area (Å²) in [6.07, 6.45) is 6.57. The smallest absolute Gasteiger partial charge is 0.264 e. The van der Waals surface area contributed by atoms with E-state index in [-0.39, 0.29) is 37.4 Å². The number of anilines is 2. The van der Waals surface area contributed by atoms with Crippen molar-refractivity contribution in [2.45, 2.75) is 57.2 Å². The molecule has 3 aliphatic heterocycles. The van der Waals surface area contributed by atoms with Crippen molar-refractivity contribution >= 4 is 29.1 Å². The van der Waals surface area contributed by atoms with E-state index in [1.807, 2.05) is 24.3 Å². The number of methoxy groups -OCH3 is 1. The number of amides is 3. The number of fused-ring (bicyclic) bond motifs is 1. The lowest BCUT2D eigenvalue weighted by molar-refractivity contribution is -0.139. The zero-order valence-corrected chi connectivity index (χ0v) is 23.1. The van der Waals surface area contributed by atoms with Gasteiger partial charge >= 0.3 is 0 Å². The van der Waals surface area contributed by atoms with E-state index in [4.69, 9.17) is 4.74 Å². The Kier molecular flexibility index (Phi) is 7.96. The molecule has 9 heteroatoms. The van der Waals surface area contributed by atoms with E-state index >= 15 is 0 Å². The molecule has 0 bridgehead atoms. The highest BCUT2D eigenvalue weighted by molar-refractivity contribution is 6.07. The maximum Gasteiger partial charge on any atom is 0.264 e. The van der Waals surface area contributed by atoms with Gasteiger partial charge in [0.2, 0.25) is 11.8 Å². The molecule has 3 heterocycles. The maximum absolute atomic E-state index is 13.9. The van der Waals surface area contributed by atoms with Gasteiger partial charge in [-0.1, -0.05) is 31.2 Å². The predicted octanol–water partition coefficient (Wildman–Crippen LogP) is 3.12. The summed E-state index contributed by atoms with van der Waals surface area (Å²) in [4.78, 5) is 44.0. The molecule has 0 unspecified atom stereocenters.